The van der Waals surface area contributed by atoms with E-state index in [1.807, 2.05) is 0 Å². The van der Waals surface area contributed by atoms with Gasteiger partial charge in [0.15, 0.2) is 5.69 Å². The molecule has 0 aromatic carbocycles. The van der Waals surface area contributed by atoms with Gasteiger partial charge < -0.3 is 10.4 Å². The molecule has 0 saturated carbocycles. The van der Waals surface area contributed by atoms with Gasteiger partial charge in [-0.15, -0.1) is 11.3 Å². The number of carbonyl (C=O) groups excluding carboxylic acids is 1. The number of amides is 1. The third kappa shape index (κ3) is 3.72. The highest BCUT2D eigenvalue weighted by atomic mass is 35.5. The van der Waals surface area contributed by atoms with Gasteiger partial charge in [-0.25, -0.2) is 14.8 Å². The van der Waals surface area contributed by atoms with E-state index >= 15 is 0 Å². The van der Waals surface area contributed by atoms with E-state index in [9.17, 15) is 9.59 Å². The lowest BCUT2D eigenvalue weighted by molar-refractivity contribution is 0.0690. The summed E-state index contributed by atoms with van der Waals surface area (Å²) < 4.78 is 0. The number of nitrogens with zero attached hydrogens (tertiary/aromatic N) is 3. The number of aromatic carboxylic acids is 1. The topological polar surface area (TPSA) is 105 Å². The Kier molecular flexibility index (Phi) is 4.59. The molecule has 0 fully saturated rings. The number of rotatable bonds is 5. The number of carboxylic acids is 1. The Morgan fingerprint density at radius 2 is 2.10 bits per heavy atom. The summed E-state index contributed by atoms with van der Waals surface area (Å²) in [6, 6.07) is 0. The van der Waals surface area contributed by atoms with E-state index in [2.05, 4.69) is 20.3 Å². The maximum Gasteiger partial charge on any atom is 0.355 e. The number of carboxylic acid groups (broad SMARTS) is 1. The molecule has 2 aromatic rings. The summed E-state index contributed by atoms with van der Waals surface area (Å²) in [6.07, 6.45) is 3.09. The average molecular weight is 313 g/mol. The maximum absolute atomic E-state index is 11.7. The molecule has 0 atom stereocenters. The number of halogens is 1. The van der Waals surface area contributed by atoms with Crippen molar-refractivity contribution in [3.05, 3.63) is 39.3 Å². The Hall–Kier alpha value is -2.06. The molecule has 0 radical (unpaired) electrons. The largest absolute Gasteiger partial charge is 0.476 e. The Labute approximate surface area is 122 Å². The van der Waals surface area contributed by atoms with Crippen LogP contribution in [0.3, 0.4) is 0 Å². The van der Waals surface area contributed by atoms with Gasteiger partial charge in [0, 0.05) is 18.3 Å². The third-order valence-electron chi connectivity index (χ3n) is 2.23. The standard InChI is InChI=1S/C11H9ClN4O3S/c12-8-4-13-3-6(15-8)10(17)14-2-1-9-16-7(5-20-9)11(18)19/h3-5H,1-2H2,(H,14,17)(H,18,19). The number of carbonyl (C=O) groups is 2. The fourth-order valence-corrected chi connectivity index (χ4v) is 2.27. The molecular formula is C11H9ClN4O3S. The molecule has 1 amide bonds. The number of hydrogen-bond donors (Lipinski definition) is 2. The molecule has 2 aromatic heterocycles. The van der Waals surface area contributed by atoms with Gasteiger partial charge in [0.1, 0.15) is 10.8 Å². The maximum atomic E-state index is 11.7. The van der Waals surface area contributed by atoms with Crippen LogP contribution in [-0.2, 0) is 6.42 Å². The van der Waals surface area contributed by atoms with Crippen molar-refractivity contribution in [3.8, 4) is 0 Å². The summed E-state index contributed by atoms with van der Waals surface area (Å²) in [5, 5.41) is 13.6. The molecule has 0 bridgehead atoms. The van der Waals surface area contributed by atoms with E-state index in [4.69, 9.17) is 16.7 Å². The molecule has 7 nitrogen and oxygen atoms in total. The van der Waals surface area contributed by atoms with Crippen LogP contribution in [0, 0.1) is 0 Å². The Morgan fingerprint density at radius 3 is 2.75 bits per heavy atom. The second-order valence-corrected chi connectivity index (χ2v) is 4.99. The molecule has 2 heterocycles. The first-order chi connectivity index (χ1) is 9.56. The molecule has 0 unspecified atom stereocenters. The van der Waals surface area contributed by atoms with Crippen LogP contribution < -0.4 is 5.32 Å². The van der Waals surface area contributed by atoms with Gasteiger partial charge in [-0.05, 0) is 0 Å². The molecule has 0 saturated heterocycles. The summed E-state index contributed by atoms with van der Waals surface area (Å²) in [5.41, 5.74) is 0.139. The predicted molar refractivity (Wildman–Crippen MR) is 72.2 cm³/mol. The van der Waals surface area contributed by atoms with Gasteiger partial charge in [0.2, 0.25) is 0 Å². The van der Waals surface area contributed by atoms with Gasteiger partial charge in [0.05, 0.1) is 17.4 Å². The Balaban J connectivity index is 1.86. The van der Waals surface area contributed by atoms with E-state index in [0.29, 0.717) is 18.0 Å². The minimum atomic E-state index is -1.06. The number of hydrogen-bond acceptors (Lipinski definition) is 6. The summed E-state index contributed by atoms with van der Waals surface area (Å²) in [6.45, 7) is 0.319. The van der Waals surface area contributed by atoms with Crippen LogP contribution in [0.2, 0.25) is 5.15 Å². The fourth-order valence-electron chi connectivity index (χ4n) is 1.35. The molecular weight excluding hydrogens is 304 g/mol. The fraction of sp³-hybridized carbons (Fsp3) is 0.182. The third-order valence-corrected chi connectivity index (χ3v) is 3.32. The first kappa shape index (κ1) is 14.4. The molecule has 20 heavy (non-hydrogen) atoms. The number of nitrogens with one attached hydrogen (secondary N) is 1. The predicted octanol–water partition coefficient (Wildman–Crippen LogP) is 1.26. The van der Waals surface area contributed by atoms with Crippen LogP contribution >= 0.6 is 22.9 Å². The second kappa shape index (κ2) is 6.40. The minimum absolute atomic E-state index is 0.0111. The molecule has 0 aliphatic rings. The Bertz CT molecular complexity index is 646. The average Bonchev–Trinajstić information content (AvgIpc) is 2.87. The summed E-state index contributed by atoms with van der Waals surface area (Å²) >= 11 is 6.87. The lowest BCUT2D eigenvalue weighted by Gasteiger charge is -2.02. The van der Waals surface area contributed by atoms with Crippen LogP contribution in [-0.4, -0.2) is 38.5 Å². The molecule has 0 spiro atoms. The smallest absolute Gasteiger partial charge is 0.355 e. The van der Waals surface area contributed by atoms with Gasteiger partial charge in [-0.3, -0.25) is 9.78 Å². The highest BCUT2D eigenvalue weighted by Crippen LogP contribution is 2.10. The Morgan fingerprint density at radius 1 is 1.30 bits per heavy atom. The van der Waals surface area contributed by atoms with E-state index in [0.717, 1.165) is 0 Å². The van der Waals surface area contributed by atoms with Crippen LogP contribution in [0.1, 0.15) is 26.0 Å². The van der Waals surface area contributed by atoms with Gasteiger partial charge in [-0.2, -0.15) is 0 Å². The van der Waals surface area contributed by atoms with Gasteiger partial charge >= 0.3 is 5.97 Å². The SMILES string of the molecule is O=C(O)c1csc(CCNC(=O)c2cncc(Cl)n2)n1. The highest BCUT2D eigenvalue weighted by molar-refractivity contribution is 7.09. The van der Waals surface area contributed by atoms with Crippen molar-refractivity contribution < 1.29 is 14.7 Å². The quantitative estimate of drug-likeness (QED) is 0.861. The zero-order valence-electron chi connectivity index (χ0n) is 10.0. The van der Waals surface area contributed by atoms with E-state index < -0.39 is 11.9 Å². The molecule has 0 aliphatic carbocycles. The van der Waals surface area contributed by atoms with Crippen LogP contribution in [0.25, 0.3) is 0 Å². The zero-order valence-corrected chi connectivity index (χ0v) is 11.6. The van der Waals surface area contributed by atoms with Crippen molar-refractivity contribution in [3.63, 3.8) is 0 Å². The van der Waals surface area contributed by atoms with Crippen molar-refractivity contribution in [1.29, 1.82) is 0 Å². The first-order valence-electron chi connectivity index (χ1n) is 5.49. The van der Waals surface area contributed by atoms with E-state index in [1.54, 1.807) is 0 Å². The molecule has 9 heteroatoms. The van der Waals surface area contributed by atoms with Crippen LogP contribution in [0.15, 0.2) is 17.8 Å². The number of thiazole rings is 1. The summed E-state index contributed by atoms with van der Waals surface area (Å²) in [7, 11) is 0. The van der Waals surface area contributed by atoms with Crippen LogP contribution in [0.4, 0.5) is 0 Å². The zero-order chi connectivity index (χ0) is 14.5. The normalized spacial score (nSPS) is 10.2. The number of aromatic nitrogens is 3. The van der Waals surface area contributed by atoms with Crippen molar-refractivity contribution in [2.75, 3.05) is 6.54 Å². The van der Waals surface area contributed by atoms with Crippen molar-refractivity contribution >= 4 is 34.8 Å². The molecule has 2 N–H and O–H groups in total. The first-order valence-corrected chi connectivity index (χ1v) is 6.75. The van der Waals surface area contributed by atoms with Crippen molar-refractivity contribution in [2.24, 2.45) is 0 Å². The summed E-state index contributed by atoms with van der Waals surface area (Å²) in [5.74, 6) is -1.46. The van der Waals surface area contributed by atoms with E-state index in [-0.39, 0.29) is 16.5 Å². The summed E-state index contributed by atoms with van der Waals surface area (Å²) in [4.78, 5) is 33.9. The van der Waals surface area contributed by atoms with Crippen molar-refractivity contribution in [1.82, 2.24) is 20.3 Å². The van der Waals surface area contributed by atoms with E-state index in [1.165, 1.54) is 29.1 Å². The van der Waals surface area contributed by atoms with Gasteiger partial charge in [0.25, 0.3) is 5.91 Å². The second-order valence-electron chi connectivity index (χ2n) is 3.66. The minimum Gasteiger partial charge on any atom is -0.476 e. The van der Waals surface area contributed by atoms with Gasteiger partial charge in [-0.1, -0.05) is 11.6 Å². The monoisotopic (exact) mass is 312 g/mol. The highest BCUT2D eigenvalue weighted by Gasteiger charge is 2.10. The molecule has 104 valence electrons. The molecule has 2 rings (SSSR count). The molecule has 0 aliphatic heterocycles. The lowest BCUT2D eigenvalue weighted by Crippen LogP contribution is -2.26. The van der Waals surface area contributed by atoms with Crippen LogP contribution in [0.5, 0.6) is 0 Å². The van der Waals surface area contributed by atoms with Crippen molar-refractivity contribution in [2.45, 2.75) is 6.42 Å². The lowest BCUT2D eigenvalue weighted by atomic mass is 10.4.